The molecule has 5 nitrogen and oxygen atoms in total. The van der Waals surface area contributed by atoms with Gasteiger partial charge in [-0.15, -0.1) is 0 Å². The average molecular weight is 332 g/mol. The van der Waals surface area contributed by atoms with Gasteiger partial charge in [-0.3, -0.25) is 15.1 Å². The summed E-state index contributed by atoms with van der Waals surface area (Å²) in [6.07, 6.45) is 6.08. The van der Waals surface area contributed by atoms with Crippen LogP contribution in [-0.2, 0) is 11.2 Å². The van der Waals surface area contributed by atoms with Crippen LogP contribution < -0.4 is 11.2 Å². The predicted octanol–water partition coefficient (Wildman–Crippen LogP) is 1.64. The molecule has 1 amide bonds. The van der Waals surface area contributed by atoms with E-state index in [1.54, 1.807) is 0 Å². The van der Waals surface area contributed by atoms with E-state index in [1.807, 2.05) is 11.9 Å². The lowest BCUT2D eigenvalue weighted by Crippen LogP contribution is -2.46. The Morgan fingerprint density at radius 1 is 1.25 bits per heavy atom. The molecule has 1 unspecified atom stereocenters. The van der Waals surface area contributed by atoms with Gasteiger partial charge in [0.1, 0.15) is 0 Å². The number of piperidine rings is 1. The molecule has 0 bridgehead atoms. The summed E-state index contributed by atoms with van der Waals surface area (Å²) in [4.78, 5) is 13.2. The van der Waals surface area contributed by atoms with Gasteiger partial charge in [-0.1, -0.05) is 36.8 Å². The number of nitrogens with one attached hydrogen (secondary N) is 1. The summed E-state index contributed by atoms with van der Waals surface area (Å²) in [6, 6.07) is 10.6. The predicted molar refractivity (Wildman–Crippen MR) is 98.4 cm³/mol. The first kappa shape index (κ1) is 18.9. The zero-order valence-corrected chi connectivity index (χ0v) is 14.9. The number of rotatable bonds is 10. The molecule has 2 rings (SSSR count). The Morgan fingerprint density at radius 2 is 1.96 bits per heavy atom. The molecule has 0 aliphatic carbocycles. The standard InChI is InChI=1S/C19H32N4O/c1-22(16-19(20)24)15-18(11-10-17-8-4-2-5-9-17)14-21-23-12-6-3-7-13-23/h2,4-5,8-9,18,21H,3,6-7,10-16H2,1H3,(H2,20,24). The normalized spacial score (nSPS) is 17.1. The van der Waals surface area contributed by atoms with E-state index < -0.39 is 0 Å². The first-order valence-corrected chi connectivity index (χ1v) is 9.12. The minimum atomic E-state index is -0.261. The summed E-state index contributed by atoms with van der Waals surface area (Å²) in [5.41, 5.74) is 10.3. The molecule has 1 aliphatic heterocycles. The lowest BCUT2D eigenvalue weighted by Gasteiger charge is -2.30. The maximum atomic E-state index is 11.1. The molecule has 1 saturated heterocycles. The van der Waals surface area contributed by atoms with E-state index in [0.29, 0.717) is 12.5 Å². The second-order valence-corrected chi connectivity index (χ2v) is 6.96. The number of hydrogen-bond donors (Lipinski definition) is 2. The van der Waals surface area contributed by atoms with Crippen LogP contribution in [-0.4, -0.2) is 55.6 Å². The van der Waals surface area contributed by atoms with E-state index in [9.17, 15) is 4.79 Å². The molecule has 1 aromatic rings. The van der Waals surface area contributed by atoms with Crippen LogP contribution in [0.15, 0.2) is 30.3 Å². The van der Waals surface area contributed by atoms with Crippen LogP contribution in [0.1, 0.15) is 31.2 Å². The van der Waals surface area contributed by atoms with Crippen molar-refractivity contribution in [2.24, 2.45) is 11.7 Å². The molecule has 0 aromatic heterocycles. The van der Waals surface area contributed by atoms with Crippen molar-refractivity contribution in [2.45, 2.75) is 32.1 Å². The van der Waals surface area contributed by atoms with Gasteiger partial charge in [0.05, 0.1) is 6.54 Å². The van der Waals surface area contributed by atoms with Crippen LogP contribution in [0.2, 0.25) is 0 Å². The highest BCUT2D eigenvalue weighted by molar-refractivity contribution is 5.75. The van der Waals surface area contributed by atoms with Gasteiger partial charge in [-0.25, -0.2) is 5.01 Å². The zero-order valence-electron chi connectivity index (χ0n) is 14.9. The number of primary amides is 1. The van der Waals surface area contributed by atoms with Gasteiger partial charge in [0.15, 0.2) is 0 Å². The number of nitrogens with two attached hydrogens (primary N) is 1. The highest BCUT2D eigenvalue weighted by Gasteiger charge is 2.16. The van der Waals surface area contributed by atoms with Crippen LogP contribution in [0.3, 0.4) is 0 Å². The van der Waals surface area contributed by atoms with Crippen LogP contribution in [0.5, 0.6) is 0 Å². The molecule has 5 heteroatoms. The molecule has 3 N–H and O–H groups in total. The van der Waals surface area contributed by atoms with E-state index in [2.05, 4.69) is 40.8 Å². The highest BCUT2D eigenvalue weighted by Crippen LogP contribution is 2.12. The summed E-state index contributed by atoms with van der Waals surface area (Å²) >= 11 is 0. The van der Waals surface area contributed by atoms with Gasteiger partial charge in [-0.05, 0) is 44.2 Å². The number of hydrogen-bond acceptors (Lipinski definition) is 4. The Balaban J connectivity index is 1.83. The number of nitrogens with zero attached hydrogens (tertiary/aromatic N) is 2. The molecule has 1 heterocycles. The van der Waals surface area contributed by atoms with Crippen molar-refractivity contribution in [1.82, 2.24) is 15.3 Å². The molecule has 1 atom stereocenters. The minimum Gasteiger partial charge on any atom is -0.369 e. The molecule has 24 heavy (non-hydrogen) atoms. The fourth-order valence-corrected chi connectivity index (χ4v) is 3.35. The van der Waals surface area contributed by atoms with Crippen LogP contribution in [0, 0.1) is 5.92 Å². The van der Waals surface area contributed by atoms with Gasteiger partial charge in [0.25, 0.3) is 0 Å². The Bertz CT molecular complexity index is 474. The monoisotopic (exact) mass is 332 g/mol. The number of aryl methyl sites for hydroxylation is 1. The Morgan fingerprint density at radius 3 is 2.62 bits per heavy atom. The van der Waals surface area contributed by atoms with Crippen molar-refractivity contribution in [3.8, 4) is 0 Å². The molecule has 0 saturated carbocycles. The summed E-state index contributed by atoms with van der Waals surface area (Å²) in [6.45, 7) is 4.45. The molecule has 0 radical (unpaired) electrons. The molecule has 134 valence electrons. The van der Waals surface area contributed by atoms with Crippen molar-refractivity contribution in [2.75, 3.05) is 39.8 Å². The first-order chi connectivity index (χ1) is 11.6. The number of hydrazine groups is 1. The summed E-state index contributed by atoms with van der Waals surface area (Å²) in [5, 5.41) is 2.35. The fourth-order valence-electron chi connectivity index (χ4n) is 3.35. The highest BCUT2D eigenvalue weighted by atomic mass is 16.1. The summed E-state index contributed by atoms with van der Waals surface area (Å²) in [5.74, 6) is 0.236. The van der Waals surface area contributed by atoms with Crippen LogP contribution in [0.25, 0.3) is 0 Å². The van der Waals surface area contributed by atoms with E-state index in [4.69, 9.17) is 5.73 Å². The van der Waals surface area contributed by atoms with Gasteiger partial charge in [0, 0.05) is 26.2 Å². The van der Waals surface area contributed by atoms with Gasteiger partial charge >= 0.3 is 0 Å². The molecule has 1 fully saturated rings. The van der Waals surface area contributed by atoms with Crippen LogP contribution in [0.4, 0.5) is 0 Å². The largest absolute Gasteiger partial charge is 0.369 e. The second-order valence-electron chi connectivity index (χ2n) is 6.96. The maximum absolute atomic E-state index is 11.1. The zero-order chi connectivity index (χ0) is 17.2. The quantitative estimate of drug-likeness (QED) is 0.684. The van der Waals surface area contributed by atoms with E-state index in [-0.39, 0.29) is 5.91 Å². The fraction of sp³-hybridized carbons (Fsp3) is 0.632. The summed E-state index contributed by atoms with van der Waals surface area (Å²) < 4.78 is 0. The smallest absolute Gasteiger partial charge is 0.231 e. The first-order valence-electron chi connectivity index (χ1n) is 9.12. The third-order valence-corrected chi connectivity index (χ3v) is 4.64. The lowest BCUT2D eigenvalue weighted by atomic mass is 9.99. The van der Waals surface area contributed by atoms with Crippen LogP contribution >= 0.6 is 0 Å². The van der Waals surface area contributed by atoms with E-state index in [0.717, 1.165) is 39.0 Å². The van der Waals surface area contributed by atoms with E-state index in [1.165, 1.54) is 24.8 Å². The van der Waals surface area contributed by atoms with Crippen molar-refractivity contribution >= 4 is 5.91 Å². The second kappa shape index (κ2) is 10.4. The average Bonchev–Trinajstić information content (AvgIpc) is 2.58. The topological polar surface area (TPSA) is 61.6 Å². The molecule has 1 aliphatic rings. The van der Waals surface area contributed by atoms with Crippen molar-refractivity contribution in [1.29, 1.82) is 0 Å². The third-order valence-electron chi connectivity index (χ3n) is 4.64. The van der Waals surface area contributed by atoms with Gasteiger partial charge in [0.2, 0.25) is 5.91 Å². The van der Waals surface area contributed by atoms with Gasteiger partial charge < -0.3 is 5.73 Å². The maximum Gasteiger partial charge on any atom is 0.231 e. The van der Waals surface area contributed by atoms with Crippen molar-refractivity contribution in [3.05, 3.63) is 35.9 Å². The number of carbonyl (C=O) groups excluding carboxylic acids is 1. The Labute approximate surface area is 146 Å². The Kier molecular flexibility index (Phi) is 8.22. The summed E-state index contributed by atoms with van der Waals surface area (Å²) in [7, 11) is 1.97. The SMILES string of the molecule is CN(CC(N)=O)CC(CCc1ccccc1)CNN1CCCCC1. The van der Waals surface area contributed by atoms with Crippen molar-refractivity contribution in [3.63, 3.8) is 0 Å². The number of carbonyl (C=O) groups is 1. The molecule has 1 aromatic carbocycles. The third kappa shape index (κ3) is 7.43. The number of likely N-dealkylation sites (N-methyl/N-ethyl adjacent to an activating group) is 1. The van der Waals surface area contributed by atoms with E-state index >= 15 is 0 Å². The van der Waals surface area contributed by atoms with Gasteiger partial charge in [-0.2, -0.15) is 0 Å². The molecule has 0 spiro atoms. The molecular formula is C19H32N4O. The van der Waals surface area contributed by atoms with Crippen molar-refractivity contribution < 1.29 is 4.79 Å². The number of benzene rings is 1. The Hall–Kier alpha value is -1.43. The molecular weight excluding hydrogens is 300 g/mol. The number of amides is 1. The lowest BCUT2D eigenvalue weighted by molar-refractivity contribution is -0.119. The minimum absolute atomic E-state index is 0.261.